The summed E-state index contributed by atoms with van der Waals surface area (Å²) in [6.45, 7) is 0. The van der Waals surface area contributed by atoms with Gasteiger partial charge in [-0.05, 0) is 50.5 Å². The average Bonchev–Trinajstić information content (AvgIpc) is 3.32. The van der Waals surface area contributed by atoms with Gasteiger partial charge in [0.2, 0.25) is 12.2 Å². The maximum Gasteiger partial charge on any atom is 0.252 e. The summed E-state index contributed by atoms with van der Waals surface area (Å²) in [5.74, 6) is 0.332. The third-order valence-corrected chi connectivity index (χ3v) is 5.87. The molecule has 2 aliphatic carbocycles. The molecule has 2 aromatic heterocycles. The van der Waals surface area contributed by atoms with Crippen LogP contribution in [0.1, 0.15) is 42.5 Å². The first-order valence-electron chi connectivity index (χ1n) is 8.17. The number of hydrogen-bond acceptors (Lipinski definition) is 6. The van der Waals surface area contributed by atoms with Crippen LogP contribution < -0.4 is 5.32 Å². The molecule has 0 aromatic carbocycles. The number of fused-ring (bicyclic) bond motifs is 1. The van der Waals surface area contributed by atoms with E-state index in [-0.39, 0.29) is 5.91 Å². The molecule has 1 N–H and O–H groups in total. The number of nitrogens with one attached hydrogen (secondary N) is 1. The highest BCUT2D eigenvalue weighted by Crippen LogP contribution is 2.43. The number of carbonyl (C=O) groups is 2. The molecular weight excluding hydrogens is 326 g/mol. The van der Waals surface area contributed by atoms with Crippen LogP contribution in [0.3, 0.4) is 0 Å². The topological polar surface area (TPSA) is 85.1 Å². The minimum absolute atomic E-state index is 0.182. The van der Waals surface area contributed by atoms with Gasteiger partial charge in [0.15, 0.2) is 0 Å². The van der Waals surface area contributed by atoms with Crippen molar-refractivity contribution in [2.45, 2.75) is 44.9 Å². The van der Waals surface area contributed by atoms with Gasteiger partial charge in [-0.2, -0.15) is 4.98 Å². The summed E-state index contributed by atoms with van der Waals surface area (Å²) in [6, 6.07) is 0. The van der Waals surface area contributed by atoms with Crippen molar-refractivity contribution in [1.82, 2.24) is 10.1 Å². The van der Waals surface area contributed by atoms with Crippen LogP contribution in [0.15, 0.2) is 22.1 Å². The first kappa shape index (κ1) is 15.3. The van der Waals surface area contributed by atoms with Gasteiger partial charge >= 0.3 is 0 Å². The molecule has 0 unspecified atom stereocenters. The van der Waals surface area contributed by atoms with Gasteiger partial charge in [0.1, 0.15) is 11.3 Å². The van der Waals surface area contributed by atoms with E-state index in [1.807, 2.05) is 0 Å². The Morgan fingerprint density at radius 1 is 1.21 bits per heavy atom. The van der Waals surface area contributed by atoms with Gasteiger partial charge < -0.3 is 9.84 Å². The molecule has 4 rings (SSSR count). The van der Waals surface area contributed by atoms with Crippen molar-refractivity contribution >= 4 is 28.5 Å². The van der Waals surface area contributed by atoms with Crippen LogP contribution in [0.2, 0.25) is 0 Å². The quantitative estimate of drug-likeness (QED) is 0.861. The smallest absolute Gasteiger partial charge is 0.252 e. The molecule has 0 fully saturated rings. The fraction of sp³-hybridized carbons (Fsp3) is 0.412. The van der Waals surface area contributed by atoms with Gasteiger partial charge in [0.05, 0.1) is 5.56 Å². The molecule has 2 heterocycles. The molecular formula is C17H17N3O3S. The van der Waals surface area contributed by atoms with E-state index >= 15 is 0 Å². The van der Waals surface area contributed by atoms with Crippen molar-refractivity contribution in [1.29, 1.82) is 0 Å². The predicted octanol–water partition coefficient (Wildman–Crippen LogP) is 3.29. The summed E-state index contributed by atoms with van der Waals surface area (Å²) in [5, 5.41) is 7.73. The molecule has 0 aliphatic heterocycles. The Morgan fingerprint density at radius 2 is 2.08 bits per heavy atom. The van der Waals surface area contributed by atoms with E-state index in [0.717, 1.165) is 49.0 Å². The van der Waals surface area contributed by atoms with E-state index < -0.39 is 0 Å². The highest BCUT2D eigenvalue weighted by atomic mass is 32.1. The average molecular weight is 343 g/mol. The predicted molar refractivity (Wildman–Crippen MR) is 89.8 cm³/mol. The second-order valence-corrected chi connectivity index (χ2v) is 7.20. The summed E-state index contributed by atoms with van der Waals surface area (Å²) < 4.78 is 4.90. The SMILES string of the molecule is O=CC1=C(C(=O)Nc2sc3c(c2-c2ncon2)CCCC3)CCC1. The Balaban J connectivity index is 1.72. The molecule has 7 heteroatoms. The zero-order valence-corrected chi connectivity index (χ0v) is 13.9. The fourth-order valence-corrected chi connectivity index (χ4v) is 4.79. The summed E-state index contributed by atoms with van der Waals surface area (Å²) in [5.41, 5.74) is 3.33. The van der Waals surface area contributed by atoms with Gasteiger partial charge in [-0.1, -0.05) is 5.16 Å². The number of allylic oxidation sites excluding steroid dienone is 1. The van der Waals surface area contributed by atoms with Crippen molar-refractivity contribution in [3.8, 4) is 11.4 Å². The van der Waals surface area contributed by atoms with Gasteiger partial charge in [0.25, 0.3) is 5.91 Å². The van der Waals surface area contributed by atoms with Crippen molar-refractivity contribution in [3.63, 3.8) is 0 Å². The number of aryl methyl sites for hydroxylation is 1. The summed E-state index contributed by atoms with van der Waals surface area (Å²) in [4.78, 5) is 29.2. The van der Waals surface area contributed by atoms with Gasteiger partial charge in [-0.25, -0.2) is 0 Å². The number of aromatic nitrogens is 2. The van der Waals surface area contributed by atoms with E-state index in [1.165, 1.54) is 16.8 Å². The molecule has 0 radical (unpaired) electrons. The summed E-state index contributed by atoms with van der Waals surface area (Å²) in [6.07, 6.45) is 8.58. The number of thiophene rings is 1. The lowest BCUT2D eigenvalue weighted by Crippen LogP contribution is -2.14. The molecule has 0 spiro atoms. The first-order chi connectivity index (χ1) is 11.8. The van der Waals surface area contributed by atoms with Crippen LogP contribution in [0.25, 0.3) is 11.4 Å². The van der Waals surface area contributed by atoms with Crippen molar-refractivity contribution < 1.29 is 14.1 Å². The van der Waals surface area contributed by atoms with Crippen LogP contribution in [0.5, 0.6) is 0 Å². The number of amides is 1. The molecule has 6 nitrogen and oxygen atoms in total. The Morgan fingerprint density at radius 3 is 2.88 bits per heavy atom. The van der Waals surface area contributed by atoms with E-state index in [0.29, 0.717) is 29.8 Å². The zero-order valence-electron chi connectivity index (χ0n) is 13.1. The number of hydrogen-bond donors (Lipinski definition) is 1. The molecule has 0 atom stereocenters. The number of nitrogens with zero attached hydrogens (tertiary/aromatic N) is 2. The van der Waals surface area contributed by atoms with E-state index in [4.69, 9.17) is 4.52 Å². The normalized spacial score (nSPS) is 17.0. The zero-order chi connectivity index (χ0) is 16.5. The highest BCUT2D eigenvalue weighted by Gasteiger charge is 2.27. The molecule has 124 valence electrons. The maximum absolute atomic E-state index is 12.6. The molecule has 2 aromatic rings. The lowest BCUT2D eigenvalue weighted by atomic mass is 9.95. The van der Waals surface area contributed by atoms with Gasteiger partial charge in [-0.15, -0.1) is 11.3 Å². The summed E-state index contributed by atoms with van der Waals surface area (Å²) in [7, 11) is 0. The van der Waals surface area contributed by atoms with Crippen LogP contribution in [0.4, 0.5) is 5.00 Å². The van der Waals surface area contributed by atoms with E-state index in [1.54, 1.807) is 11.3 Å². The Bertz CT molecular complexity index is 821. The molecule has 0 saturated heterocycles. The maximum atomic E-state index is 12.6. The molecule has 0 saturated carbocycles. The van der Waals surface area contributed by atoms with Crippen LogP contribution in [0, 0.1) is 0 Å². The Labute approximate surface area is 142 Å². The van der Waals surface area contributed by atoms with Gasteiger partial charge in [0, 0.05) is 16.0 Å². The number of aldehydes is 1. The number of rotatable bonds is 4. The van der Waals surface area contributed by atoms with Crippen molar-refractivity contribution in [3.05, 3.63) is 28.0 Å². The Hall–Kier alpha value is -2.28. The third-order valence-electron chi connectivity index (χ3n) is 4.66. The fourth-order valence-electron chi connectivity index (χ4n) is 3.51. The Kier molecular flexibility index (Phi) is 4.02. The second-order valence-electron chi connectivity index (χ2n) is 6.10. The molecule has 0 bridgehead atoms. The monoisotopic (exact) mass is 343 g/mol. The molecule has 2 aliphatic rings. The largest absolute Gasteiger partial charge is 0.342 e. The number of carbonyl (C=O) groups excluding carboxylic acids is 2. The van der Waals surface area contributed by atoms with Gasteiger partial charge in [-0.3, -0.25) is 9.59 Å². The highest BCUT2D eigenvalue weighted by molar-refractivity contribution is 7.17. The van der Waals surface area contributed by atoms with Crippen LogP contribution >= 0.6 is 11.3 Å². The molecule has 1 amide bonds. The minimum atomic E-state index is -0.182. The first-order valence-corrected chi connectivity index (χ1v) is 8.99. The van der Waals surface area contributed by atoms with Crippen LogP contribution in [-0.2, 0) is 22.4 Å². The lowest BCUT2D eigenvalue weighted by molar-refractivity contribution is -0.113. The van der Waals surface area contributed by atoms with Crippen molar-refractivity contribution in [2.75, 3.05) is 5.32 Å². The minimum Gasteiger partial charge on any atom is -0.342 e. The third kappa shape index (κ3) is 2.58. The molecule has 24 heavy (non-hydrogen) atoms. The second kappa shape index (κ2) is 6.32. The lowest BCUT2D eigenvalue weighted by Gasteiger charge is -2.11. The van der Waals surface area contributed by atoms with Crippen LogP contribution in [-0.4, -0.2) is 22.3 Å². The van der Waals surface area contributed by atoms with E-state index in [2.05, 4.69) is 15.5 Å². The number of anilines is 1. The standard InChI is InChI=1S/C17H17N3O3S/c21-8-10-4-3-6-11(10)16(22)19-17-14(15-18-9-23-20-15)12-5-1-2-7-13(12)24-17/h8-9H,1-7H2,(H,19,22). The van der Waals surface area contributed by atoms with E-state index in [9.17, 15) is 9.59 Å². The summed E-state index contributed by atoms with van der Waals surface area (Å²) >= 11 is 1.59. The van der Waals surface area contributed by atoms with Crippen molar-refractivity contribution in [2.24, 2.45) is 0 Å².